The molecule has 3 heterocycles. The zero-order valence-electron chi connectivity index (χ0n) is 14.1. The lowest BCUT2D eigenvalue weighted by molar-refractivity contribution is -0.605. The van der Waals surface area contributed by atoms with Crippen molar-refractivity contribution in [2.24, 2.45) is 0 Å². The van der Waals surface area contributed by atoms with Gasteiger partial charge in [0, 0.05) is 40.1 Å². The minimum absolute atomic E-state index is 0.233. The van der Waals surface area contributed by atoms with E-state index < -0.39 is 5.82 Å². The first kappa shape index (κ1) is 16.5. The van der Waals surface area contributed by atoms with Gasteiger partial charge in [0.25, 0.3) is 5.56 Å². The third-order valence-corrected chi connectivity index (χ3v) is 5.68. The number of hydrogen-bond acceptors (Lipinski definition) is 5. The summed E-state index contributed by atoms with van der Waals surface area (Å²) in [5, 5.41) is 13.5. The Morgan fingerprint density at radius 1 is 1.11 bits per heavy atom. The van der Waals surface area contributed by atoms with Crippen LogP contribution in [-0.2, 0) is 0 Å². The summed E-state index contributed by atoms with van der Waals surface area (Å²) >= 11 is 1.17. The molecule has 0 aliphatic heterocycles. The van der Waals surface area contributed by atoms with Gasteiger partial charge in [-0.2, -0.15) is 4.73 Å². The van der Waals surface area contributed by atoms with Gasteiger partial charge < -0.3 is 10.2 Å². The summed E-state index contributed by atoms with van der Waals surface area (Å²) in [4.78, 5) is 32.4. The first-order chi connectivity index (χ1) is 13.5. The summed E-state index contributed by atoms with van der Waals surface area (Å²) in [5.41, 5.74) is 0.541. The van der Waals surface area contributed by atoms with Crippen LogP contribution in [0.1, 0.15) is 15.4 Å². The van der Waals surface area contributed by atoms with Crippen LogP contribution in [0.15, 0.2) is 59.8 Å². The highest BCUT2D eigenvalue weighted by Gasteiger charge is 2.20. The Labute approximate surface area is 160 Å². The molecule has 0 spiro atoms. The van der Waals surface area contributed by atoms with Crippen molar-refractivity contribution in [3.05, 3.63) is 86.9 Å². The van der Waals surface area contributed by atoms with Crippen molar-refractivity contribution in [1.29, 1.82) is 0 Å². The van der Waals surface area contributed by atoms with Crippen LogP contribution in [-0.4, -0.2) is 15.8 Å². The largest absolute Gasteiger partial charge is 0.619 e. The van der Waals surface area contributed by atoms with E-state index >= 15 is 0 Å². The lowest BCUT2D eigenvalue weighted by Gasteiger charge is -2.05. The van der Waals surface area contributed by atoms with E-state index in [2.05, 4.69) is 9.97 Å². The molecule has 0 saturated heterocycles. The molecule has 0 fully saturated rings. The molecular weight excluding hydrogens is 381 g/mol. The summed E-state index contributed by atoms with van der Waals surface area (Å²) in [6.45, 7) is 0. The molecule has 0 saturated carbocycles. The van der Waals surface area contributed by atoms with Crippen molar-refractivity contribution >= 4 is 48.9 Å². The third kappa shape index (κ3) is 2.39. The number of thiazole rings is 1. The smallest absolute Gasteiger partial charge is 0.256 e. The number of nitrogens with zero attached hydrogens (tertiary/aromatic N) is 2. The highest BCUT2D eigenvalue weighted by molar-refractivity contribution is 7.21. The van der Waals surface area contributed by atoms with Crippen LogP contribution >= 0.6 is 11.3 Å². The number of aromatic amines is 1. The van der Waals surface area contributed by atoms with E-state index in [9.17, 15) is 19.2 Å². The second-order valence-corrected chi connectivity index (χ2v) is 7.26. The van der Waals surface area contributed by atoms with E-state index in [4.69, 9.17) is 0 Å². The number of H-pyrrole nitrogens is 1. The van der Waals surface area contributed by atoms with Crippen molar-refractivity contribution in [1.82, 2.24) is 9.97 Å². The van der Waals surface area contributed by atoms with Gasteiger partial charge in [-0.3, -0.25) is 9.59 Å². The average Bonchev–Trinajstić information content (AvgIpc) is 3.13. The van der Waals surface area contributed by atoms with E-state index in [0.29, 0.717) is 42.1 Å². The molecule has 0 unspecified atom stereocenters. The molecule has 0 radical (unpaired) electrons. The number of benzene rings is 2. The summed E-state index contributed by atoms with van der Waals surface area (Å²) in [6.07, 6.45) is 4.00. The van der Waals surface area contributed by atoms with E-state index in [1.807, 2.05) is 0 Å². The minimum atomic E-state index is -0.460. The van der Waals surface area contributed by atoms with Gasteiger partial charge in [0.15, 0.2) is 17.4 Å². The van der Waals surface area contributed by atoms with E-state index in [1.54, 1.807) is 12.1 Å². The highest BCUT2D eigenvalue weighted by atomic mass is 32.1. The molecule has 6 nitrogen and oxygen atoms in total. The molecule has 0 aliphatic carbocycles. The molecule has 0 bridgehead atoms. The maximum absolute atomic E-state index is 13.9. The first-order valence-corrected chi connectivity index (χ1v) is 9.11. The Hall–Kier alpha value is -3.65. The Morgan fingerprint density at radius 2 is 1.89 bits per heavy atom. The standard InChI is InChI=1S/C20H10FN3O3S/c21-11-1-2-12-14(9-11)15-13(3-6-22-19(15)26)18-16(12)23-20(28-18)17(25)10-4-7-24(27)8-5-10/h1-9H,(H,22,26). The van der Waals surface area contributed by atoms with Crippen molar-refractivity contribution in [3.8, 4) is 0 Å². The van der Waals surface area contributed by atoms with E-state index in [0.717, 1.165) is 0 Å². The van der Waals surface area contributed by atoms with Gasteiger partial charge in [0.1, 0.15) is 5.82 Å². The van der Waals surface area contributed by atoms with Crippen LogP contribution in [0.5, 0.6) is 0 Å². The summed E-state index contributed by atoms with van der Waals surface area (Å²) in [5.74, 6) is -0.784. The number of pyridine rings is 2. The van der Waals surface area contributed by atoms with Gasteiger partial charge in [-0.05, 0) is 24.3 Å². The average molecular weight is 391 g/mol. The summed E-state index contributed by atoms with van der Waals surface area (Å²) < 4.78 is 15.1. The fourth-order valence-corrected chi connectivity index (χ4v) is 4.41. The van der Waals surface area contributed by atoms with E-state index in [-0.39, 0.29) is 16.4 Å². The topological polar surface area (TPSA) is 89.8 Å². The molecule has 0 amide bonds. The zero-order valence-corrected chi connectivity index (χ0v) is 14.9. The molecule has 1 N–H and O–H groups in total. The molecule has 2 aromatic carbocycles. The zero-order chi connectivity index (χ0) is 19.4. The number of nitrogens with one attached hydrogen (secondary N) is 1. The Balaban J connectivity index is 1.87. The third-order valence-electron chi connectivity index (χ3n) is 4.60. The number of rotatable bonds is 2. The van der Waals surface area contributed by atoms with Gasteiger partial charge >= 0.3 is 0 Å². The maximum atomic E-state index is 13.9. The van der Waals surface area contributed by atoms with Gasteiger partial charge in [-0.25, -0.2) is 9.37 Å². The number of carbonyl (C=O) groups is 1. The number of halogens is 1. The number of ketones is 1. The van der Waals surface area contributed by atoms with Gasteiger partial charge in [0.05, 0.1) is 15.6 Å². The van der Waals surface area contributed by atoms with Gasteiger partial charge in [-0.15, -0.1) is 11.3 Å². The lowest BCUT2D eigenvalue weighted by atomic mass is 10.0. The van der Waals surface area contributed by atoms with Crippen LogP contribution in [0.4, 0.5) is 4.39 Å². The van der Waals surface area contributed by atoms with Crippen LogP contribution in [0.25, 0.3) is 31.8 Å². The summed E-state index contributed by atoms with van der Waals surface area (Å²) in [6, 6.07) is 8.75. The molecule has 5 rings (SSSR count). The Kier molecular flexibility index (Phi) is 3.50. The second-order valence-electron chi connectivity index (χ2n) is 6.26. The fourth-order valence-electron chi connectivity index (χ4n) is 3.33. The Bertz CT molecular complexity index is 1470. The molecule has 136 valence electrons. The fraction of sp³-hybridized carbons (Fsp3) is 0. The minimum Gasteiger partial charge on any atom is -0.619 e. The molecule has 5 aromatic rings. The number of aromatic nitrogens is 3. The van der Waals surface area contributed by atoms with Crippen molar-refractivity contribution in [3.63, 3.8) is 0 Å². The van der Waals surface area contributed by atoms with Crippen LogP contribution in [0.3, 0.4) is 0 Å². The maximum Gasteiger partial charge on any atom is 0.256 e. The number of hydrogen-bond donors (Lipinski definition) is 1. The van der Waals surface area contributed by atoms with Crippen LogP contribution in [0.2, 0.25) is 0 Å². The first-order valence-electron chi connectivity index (χ1n) is 8.29. The second kappa shape index (κ2) is 5.93. The van der Waals surface area contributed by atoms with Crippen LogP contribution < -0.4 is 10.3 Å². The number of carbonyl (C=O) groups excluding carboxylic acids is 1. The molecule has 3 aromatic heterocycles. The van der Waals surface area contributed by atoms with Crippen molar-refractivity contribution < 1.29 is 13.9 Å². The van der Waals surface area contributed by atoms with Crippen molar-refractivity contribution in [2.75, 3.05) is 0 Å². The molecule has 0 atom stereocenters. The Morgan fingerprint density at radius 3 is 2.68 bits per heavy atom. The predicted molar refractivity (Wildman–Crippen MR) is 104 cm³/mol. The SMILES string of the molecule is O=C(c1cc[n+]([O-])cc1)c1nc2c3ccc(F)cc3c3c(=O)[nH]ccc3c2s1. The monoisotopic (exact) mass is 391 g/mol. The van der Waals surface area contributed by atoms with Gasteiger partial charge in [-0.1, -0.05) is 0 Å². The molecule has 28 heavy (non-hydrogen) atoms. The molecule has 0 aliphatic rings. The van der Waals surface area contributed by atoms with Crippen molar-refractivity contribution in [2.45, 2.75) is 0 Å². The number of fused-ring (bicyclic) bond motifs is 6. The normalized spacial score (nSPS) is 11.5. The molecule has 8 heteroatoms. The molecular formula is C20H10FN3O3S. The summed E-state index contributed by atoms with van der Waals surface area (Å²) in [7, 11) is 0. The van der Waals surface area contributed by atoms with E-state index in [1.165, 1.54) is 54.2 Å². The quantitative estimate of drug-likeness (QED) is 0.216. The van der Waals surface area contributed by atoms with Crippen LogP contribution in [0, 0.1) is 11.0 Å². The highest BCUT2D eigenvalue weighted by Crippen LogP contribution is 2.37. The predicted octanol–water partition coefficient (Wildman–Crippen LogP) is 3.29. The lowest BCUT2D eigenvalue weighted by Crippen LogP contribution is -2.24. The van der Waals surface area contributed by atoms with Gasteiger partial charge in [0.2, 0.25) is 5.78 Å².